The Kier molecular flexibility index (Phi) is 5.93. The lowest BCUT2D eigenvalue weighted by Gasteiger charge is -2.32. The first kappa shape index (κ1) is 20.3. The number of carbonyl (C=O) groups excluding carboxylic acids is 1. The largest absolute Gasteiger partial charge is 0.356 e. The molecule has 1 aliphatic rings. The van der Waals surface area contributed by atoms with Crippen molar-refractivity contribution in [2.45, 2.75) is 24.2 Å². The molecule has 1 N–H and O–H groups in total. The van der Waals surface area contributed by atoms with Gasteiger partial charge in [0.25, 0.3) is 0 Å². The van der Waals surface area contributed by atoms with Crippen LogP contribution in [0.1, 0.15) is 19.3 Å². The zero-order valence-electron chi connectivity index (χ0n) is 16.5. The molecule has 0 saturated carbocycles. The molecule has 0 bridgehead atoms. The van der Waals surface area contributed by atoms with E-state index in [0.717, 1.165) is 31.7 Å². The molecule has 0 aliphatic carbocycles. The molecular weight excluding hydrogens is 404 g/mol. The minimum absolute atomic E-state index is 0.00557. The molecule has 1 fully saturated rings. The van der Waals surface area contributed by atoms with Crippen LogP contribution in [0, 0.1) is 5.92 Å². The summed E-state index contributed by atoms with van der Waals surface area (Å²) in [5, 5.41) is 15.2. The molecule has 4 rings (SSSR count). The maximum absolute atomic E-state index is 12.5. The second kappa shape index (κ2) is 8.78. The highest BCUT2D eigenvalue weighted by molar-refractivity contribution is 7.91. The van der Waals surface area contributed by atoms with Gasteiger partial charge in [-0.2, -0.15) is 4.52 Å². The first-order chi connectivity index (χ1) is 14.5. The summed E-state index contributed by atoms with van der Waals surface area (Å²) in [5.41, 5.74) is 0.697. The number of piperidine rings is 1. The molecule has 9 nitrogen and oxygen atoms in total. The molecule has 1 aliphatic heterocycles. The number of anilines is 1. The lowest BCUT2D eigenvalue weighted by atomic mass is 9.96. The quantitative estimate of drug-likeness (QED) is 0.565. The van der Waals surface area contributed by atoms with Gasteiger partial charge in [0.2, 0.25) is 5.91 Å². The van der Waals surface area contributed by atoms with Crippen LogP contribution in [0.15, 0.2) is 53.7 Å². The number of carbonyl (C=O) groups is 1. The van der Waals surface area contributed by atoms with Crippen molar-refractivity contribution in [3.63, 3.8) is 0 Å². The molecule has 3 aromatic rings. The van der Waals surface area contributed by atoms with Crippen LogP contribution in [0.4, 0.5) is 5.82 Å². The topological polar surface area (TPSA) is 110 Å². The number of fused-ring (bicyclic) bond motifs is 1. The van der Waals surface area contributed by atoms with E-state index >= 15 is 0 Å². The Morgan fingerprint density at radius 1 is 1.10 bits per heavy atom. The van der Waals surface area contributed by atoms with Gasteiger partial charge in [-0.25, -0.2) is 8.42 Å². The van der Waals surface area contributed by atoms with Crippen LogP contribution >= 0.6 is 0 Å². The Hall–Kier alpha value is -3.01. The van der Waals surface area contributed by atoms with E-state index in [1.54, 1.807) is 41.2 Å². The van der Waals surface area contributed by atoms with Crippen molar-refractivity contribution in [3.05, 3.63) is 48.8 Å². The average Bonchev–Trinajstić information content (AvgIpc) is 3.25. The highest BCUT2D eigenvalue weighted by Crippen LogP contribution is 2.22. The fourth-order valence-electron chi connectivity index (χ4n) is 3.62. The molecule has 0 spiro atoms. The molecule has 158 valence electrons. The molecule has 30 heavy (non-hydrogen) atoms. The predicted octanol–water partition coefficient (Wildman–Crippen LogP) is 1.32. The Morgan fingerprint density at radius 2 is 1.87 bits per heavy atom. The van der Waals surface area contributed by atoms with Gasteiger partial charge in [0.05, 0.1) is 10.6 Å². The van der Waals surface area contributed by atoms with Crippen LogP contribution < -0.4 is 10.2 Å². The first-order valence-electron chi connectivity index (χ1n) is 10.0. The van der Waals surface area contributed by atoms with E-state index in [9.17, 15) is 13.2 Å². The fourth-order valence-corrected chi connectivity index (χ4v) is 4.95. The van der Waals surface area contributed by atoms with E-state index in [1.807, 2.05) is 12.1 Å². The van der Waals surface area contributed by atoms with Gasteiger partial charge in [-0.05, 0) is 43.5 Å². The second-order valence-corrected chi connectivity index (χ2v) is 9.47. The summed E-state index contributed by atoms with van der Waals surface area (Å²) in [5.74, 6) is 0.791. The highest BCUT2D eigenvalue weighted by Gasteiger charge is 2.25. The number of sulfone groups is 1. The number of nitrogens with one attached hydrogen (secondary N) is 1. The maximum atomic E-state index is 12.5. The monoisotopic (exact) mass is 428 g/mol. The van der Waals surface area contributed by atoms with Crippen molar-refractivity contribution in [2.75, 3.05) is 30.3 Å². The lowest BCUT2D eigenvalue weighted by molar-refractivity contribution is -0.125. The summed E-state index contributed by atoms with van der Waals surface area (Å²) in [4.78, 5) is 14.9. The van der Waals surface area contributed by atoms with E-state index < -0.39 is 9.84 Å². The predicted molar refractivity (Wildman–Crippen MR) is 112 cm³/mol. The van der Waals surface area contributed by atoms with Gasteiger partial charge in [-0.15, -0.1) is 15.3 Å². The molecule has 10 heteroatoms. The van der Waals surface area contributed by atoms with Crippen LogP contribution in [0.2, 0.25) is 0 Å². The van der Waals surface area contributed by atoms with Crippen LogP contribution in [0.3, 0.4) is 0 Å². The maximum Gasteiger partial charge on any atom is 0.223 e. The third-order valence-corrected chi connectivity index (χ3v) is 7.15. The number of amides is 1. The van der Waals surface area contributed by atoms with E-state index in [4.69, 9.17) is 0 Å². The van der Waals surface area contributed by atoms with E-state index in [0.29, 0.717) is 23.5 Å². The third-order valence-electron chi connectivity index (χ3n) is 5.33. The Morgan fingerprint density at radius 3 is 2.63 bits per heavy atom. The molecule has 3 heterocycles. The molecule has 1 amide bonds. The molecule has 0 unspecified atom stereocenters. The van der Waals surface area contributed by atoms with Gasteiger partial charge in [0.1, 0.15) is 12.1 Å². The summed E-state index contributed by atoms with van der Waals surface area (Å²) in [6.07, 6.45) is 3.42. The van der Waals surface area contributed by atoms with Crippen LogP contribution in [-0.4, -0.2) is 59.5 Å². The average molecular weight is 429 g/mol. The van der Waals surface area contributed by atoms with Crippen LogP contribution in [-0.2, 0) is 14.6 Å². The number of benzene rings is 1. The smallest absolute Gasteiger partial charge is 0.223 e. The van der Waals surface area contributed by atoms with Gasteiger partial charge in [-0.1, -0.05) is 18.2 Å². The van der Waals surface area contributed by atoms with Gasteiger partial charge in [-0.3, -0.25) is 4.79 Å². The Balaban J connectivity index is 1.22. The molecule has 0 atom stereocenters. The minimum Gasteiger partial charge on any atom is -0.356 e. The van der Waals surface area contributed by atoms with Crippen molar-refractivity contribution in [1.82, 2.24) is 25.1 Å². The van der Waals surface area contributed by atoms with E-state index in [-0.39, 0.29) is 17.6 Å². The van der Waals surface area contributed by atoms with Crippen molar-refractivity contribution < 1.29 is 13.2 Å². The molecule has 0 radical (unpaired) electrons. The zero-order valence-corrected chi connectivity index (χ0v) is 17.3. The SMILES string of the molecule is O=C(NCCCS(=O)(=O)c1ccccc1)C1CCN(c2ccc3nncn3n2)CC1. The number of rotatable bonds is 7. The number of hydrogen-bond acceptors (Lipinski definition) is 7. The van der Waals surface area contributed by atoms with E-state index in [2.05, 4.69) is 25.5 Å². The summed E-state index contributed by atoms with van der Waals surface area (Å²) in [6.45, 7) is 1.83. The van der Waals surface area contributed by atoms with Crippen LogP contribution in [0.5, 0.6) is 0 Å². The molecule has 1 aromatic carbocycles. The molecular formula is C20H24N6O3S. The van der Waals surface area contributed by atoms with Gasteiger partial charge in [0.15, 0.2) is 15.5 Å². The third kappa shape index (κ3) is 4.59. The van der Waals surface area contributed by atoms with Gasteiger partial charge in [0, 0.05) is 25.6 Å². The normalized spacial score (nSPS) is 15.4. The van der Waals surface area contributed by atoms with Crippen molar-refractivity contribution in [3.8, 4) is 0 Å². The van der Waals surface area contributed by atoms with Crippen molar-refractivity contribution in [1.29, 1.82) is 0 Å². The lowest BCUT2D eigenvalue weighted by Crippen LogP contribution is -2.41. The summed E-state index contributed by atoms with van der Waals surface area (Å²) >= 11 is 0. The zero-order chi connectivity index (χ0) is 21.0. The van der Waals surface area contributed by atoms with Crippen molar-refractivity contribution in [2.24, 2.45) is 5.92 Å². The first-order valence-corrected chi connectivity index (χ1v) is 11.7. The number of hydrogen-bond donors (Lipinski definition) is 1. The Bertz CT molecular complexity index is 1110. The van der Waals surface area contributed by atoms with E-state index in [1.165, 1.54) is 0 Å². The minimum atomic E-state index is -3.31. The van der Waals surface area contributed by atoms with Gasteiger partial charge >= 0.3 is 0 Å². The Labute approximate surface area is 175 Å². The molecule has 1 saturated heterocycles. The molecule has 2 aromatic heterocycles. The van der Waals surface area contributed by atoms with Crippen molar-refractivity contribution >= 4 is 27.2 Å². The number of aromatic nitrogens is 4. The fraction of sp³-hybridized carbons (Fsp3) is 0.400. The summed E-state index contributed by atoms with van der Waals surface area (Å²) in [7, 11) is -3.31. The van der Waals surface area contributed by atoms with Gasteiger partial charge < -0.3 is 10.2 Å². The summed E-state index contributed by atoms with van der Waals surface area (Å²) < 4.78 is 26.2. The number of nitrogens with zero attached hydrogens (tertiary/aromatic N) is 5. The standard InChI is InChI=1S/C20H24N6O3S/c27-20(21-11-4-14-30(28,29)17-5-2-1-3-6-17)16-9-12-25(13-10-16)19-8-7-18-23-22-15-26(18)24-19/h1-3,5-8,15-16H,4,9-14H2,(H,21,27). The summed E-state index contributed by atoms with van der Waals surface area (Å²) in [6, 6.07) is 12.2. The highest BCUT2D eigenvalue weighted by atomic mass is 32.2. The second-order valence-electron chi connectivity index (χ2n) is 7.36. The van der Waals surface area contributed by atoms with Crippen LogP contribution in [0.25, 0.3) is 5.65 Å².